The molecule has 4 N–H and O–H groups in total. The third kappa shape index (κ3) is 18.5. The van der Waals surface area contributed by atoms with E-state index in [4.69, 9.17) is 36.2 Å². The Morgan fingerprint density at radius 2 is 0.325 bits per heavy atom. The van der Waals surface area contributed by atoms with Crippen molar-refractivity contribution in [3.05, 3.63) is 243 Å². The van der Waals surface area contributed by atoms with Gasteiger partial charge in [0.2, 0.25) is 0 Å². The molecule has 0 aliphatic heterocycles. The van der Waals surface area contributed by atoms with Crippen LogP contribution in [0, 0.1) is 0 Å². The van der Waals surface area contributed by atoms with Gasteiger partial charge in [0, 0.05) is 24.2 Å². The molecule has 0 bridgehead atoms. The summed E-state index contributed by atoms with van der Waals surface area (Å²) >= 11 is 0. The van der Waals surface area contributed by atoms with Gasteiger partial charge in [-0.3, -0.25) is 0 Å². The van der Waals surface area contributed by atoms with Crippen molar-refractivity contribution < 1.29 is 54.5 Å². The minimum atomic E-state index is -3.76. The van der Waals surface area contributed by atoms with Crippen LogP contribution in [-0.2, 0) is 18.3 Å². The van der Waals surface area contributed by atoms with Gasteiger partial charge in [0.1, 0.15) is 46.0 Å². The molecule has 0 heterocycles. The lowest BCUT2D eigenvalue weighted by molar-refractivity contribution is 0.300. The van der Waals surface area contributed by atoms with Gasteiger partial charge < -0.3 is 36.2 Å². The molecule has 2 saturated carbocycles. The Morgan fingerprint density at radius 3 is 0.438 bits per heavy atom. The van der Waals surface area contributed by atoms with Gasteiger partial charge in [-0.25, -0.2) is 18.3 Å². The summed E-state index contributed by atoms with van der Waals surface area (Å²) in [5, 5.41) is 12.6. The Balaban J connectivity index is 0.000000194. The average molecular weight is 1160 g/mol. The number of benzene rings is 8. The second-order valence-electron chi connectivity index (χ2n) is 18.8. The molecule has 2 aliphatic carbocycles. The van der Waals surface area contributed by atoms with E-state index in [9.17, 15) is 18.3 Å². The van der Waals surface area contributed by atoms with Crippen molar-refractivity contribution in [1.29, 1.82) is 0 Å². The maximum Gasteiger partial charge on any atom is 0.513 e. The maximum absolute atomic E-state index is 13.9. The van der Waals surface area contributed by atoms with E-state index in [1.807, 2.05) is 146 Å². The van der Waals surface area contributed by atoms with E-state index < -0.39 is 31.0 Å². The van der Waals surface area contributed by atoms with Crippen LogP contribution in [0.15, 0.2) is 243 Å². The molecule has 2 aliphatic rings. The van der Waals surface area contributed by atoms with Crippen molar-refractivity contribution in [1.82, 2.24) is 20.3 Å². The minimum Gasteiger partial charge on any atom is -0.405 e. The Morgan fingerprint density at radius 1 is 0.212 bits per heavy atom. The van der Waals surface area contributed by atoms with Crippen LogP contribution in [-0.4, -0.2) is 24.2 Å². The van der Waals surface area contributed by atoms with E-state index >= 15 is 0 Å². The molecule has 10 rings (SSSR count). The highest BCUT2D eigenvalue weighted by Gasteiger charge is 2.40. The van der Waals surface area contributed by atoms with Crippen molar-refractivity contribution in [3.63, 3.8) is 0 Å². The molecule has 0 unspecified atom stereocenters. The smallest absolute Gasteiger partial charge is 0.405 e. The molecule has 0 spiro atoms. The molecule has 2 fully saturated rings. The van der Waals surface area contributed by atoms with Crippen LogP contribution < -0.4 is 56.5 Å². The van der Waals surface area contributed by atoms with E-state index in [-0.39, 0.29) is 24.2 Å². The molecule has 8 aromatic carbocycles. The number of hydrogen-bond acceptors (Lipinski definition) is 12. The highest BCUT2D eigenvalue weighted by atomic mass is 31.2. The topological polar surface area (TPSA) is 190 Å². The lowest BCUT2D eigenvalue weighted by Crippen LogP contribution is -2.40. The number of rotatable bonds is 24. The summed E-state index contributed by atoms with van der Waals surface area (Å²) in [4.78, 5) is 0. The first-order valence-corrected chi connectivity index (χ1v) is 32.6. The van der Waals surface area contributed by atoms with E-state index in [0.29, 0.717) is 97.4 Å². The molecule has 8 aromatic rings. The summed E-state index contributed by atoms with van der Waals surface area (Å²) < 4.78 is 102. The van der Waals surface area contributed by atoms with Gasteiger partial charge in [-0.2, -0.15) is 20.3 Å². The van der Waals surface area contributed by atoms with Crippen molar-refractivity contribution in [3.8, 4) is 46.0 Å². The van der Waals surface area contributed by atoms with Gasteiger partial charge in [-0.05, 0) is 148 Å². The molecule has 20 heteroatoms. The predicted octanol–water partition coefficient (Wildman–Crippen LogP) is 16.0. The number of hydrogen-bond donors (Lipinski definition) is 4. The standard InChI is InChI=1S/2C30H32N2O6P2/c2*33-39(35-27-13-5-1-6-14-27,36-28-15-7-2-8-16-28)31-25-21-23-26(24-22-25)32-40(34,37-29-17-9-3-10-18-29)38-30-19-11-4-12-20-30/h2*1-20,25-26H,21-24H2,(H,31,33)(H,32,34). The van der Waals surface area contributed by atoms with Gasteiger partial charge >= 0.3 is 31.0 Å². The largest absolute Gasteiger partial charge is 0.513 e. The maximum atomic E-state index is 13.9. The molecule has 0 radical (unpaired) electrons. The molecular formula is C60H64N4O12P4. The molecule has 16 nitrogen and oxygen atoms in total. The van der Waals surface area contributed by atoms with E-state index in [0.717, 1.165) is 0 Å². The predicted molar refractivity (Wildman–Crippen MR) is 312 cm³/mol. The fraction of sp³-hybridized carbons (Fsp3) is 0.200. The SMILES string of the molecule is O=P(NC1CCC(NP(=O)(Oc2ccccc2)Oc2ccccc2)CC1)(Oc1ccccc1)Oc1ccccc1.O=P(NC1CCC(NP(=O)(Oc2ccccc2)Oc2ccccc2)CC1)(Oc1ccccc1)Oc1ccccc1. The zero-order valence-electron chi connectivity index (χ0n) is 43.7. The van der Waals surface area contributed by atoms with Crippen LogP contribution in [0.3, 0.4) is 0 Å². The molecule has 0 aromatic heterocycles. The zero-order chi connectivity index (χ0) is 55.4. The lowest BCUT2D eigenvalue weighted by Gasteiger charge is -2.33. The van der Waals surface area contributed by atoms with E-state index in [1.54, 1.807) is 97.1 Å². The third-order valence-electron chi connectivity index (χ3n) is 12.6. The molecule has 0 atom stereocenters. The Bertz CT molecular complexity index is 2660. The van der Waals surface area contributed by atoms with Crippen LogP contribution in [0.2, 0.25) is 0 Å². The quantitative estimate of drug-likeness (QED) is 0.0418. The van der Waals surface area contributed by atoms with Crippen molar-refractivity contribution in [2.24, 2.45) is 0 Å². The highest BCUT2D eigenvalue weighted by Crippen LogP contribution is 2.51. The fourth-order valence-electron chi connectivity index (χ4n) is 8.84. The fourth-order valence-corrected chi connectivity index (χ4v) is 15.4. The first-order chi connectivity index (χ1) is 38.9. The van der Waals surface area contributed by atoms with Crippen LogP contribution in [0.4, 0.5) is 0 Å². The summed E-state index contributed by atoms with van der Waals surface area (Å²) in [5.74, 6) is 3.57. The zero-order valence-corrected chi connectivity index (χ0v) is 47.3. The van der Waals surface area contributed by atoms with Crippen LogP contribution >= 0.6 is 31.0 Å². The average Bonchev–Trinajstić information content (AvgIpc) is 3.46. The second-order valence-corrected chi connectivity index (χ2v) is 25.3. The van der Waals surface area contributed by atoms with Gasteiger partial charge in [-0.1, -0.05) is 146 Å². The summed E-state index contributed by atoms with van der Waals surface area (Å²) in [7, 11) is -15.0. The Kier molecular flexibility index (Phi) is 20.4. The van der Waals surface area contributed by atoms with Crippen molar-refractivity contribution >= 4 is 31.0 Å². The summed E-state index contributed by atoms with van der Waals surface area (Å²) in [6.45, 7) is 0. The second kappa shape index (κ2) is 28.4. The van der Waals surface area contributed by atoms with Crippen molar-refractivity contribution in [2.45, 2.75) is 75.5 Å². The van der Waals surface area contributed by atoms with Crippen molar-refractivity contribution in [2.75, 3.05) is 0 Å². The van der Waals surface area contributed by atoms with Gasteiger partial charge in [0.15, 0.2) is 0 Å². The lowest BCUT2D eigenvalue weighted by atomic mass is 9.92. The monoisotopic (exact) mass is 1160 g/mol. The summed E-state index contributed by atoms with van der Waals surface area (Å²) in [5.41, 5.74) is 0. The molecular weight excluding hydrogens is 1090 g/mol. The minimum absolute atomic E-state index is 0.138. The number of nitrogens with one attached hydrogen (secondary N) is 4. The summed E-state index contributed by atoms with van der Waals surface area (Å²) in [6, 6.07) is 71.1. The first-order valence-electron chi connectivity index (χ1n) is 26.4. The molecule has 0 amide bonds. The van der Waals surface area contributed by atoms with E-state index in [1.165, 1.54) is 0 Å². The highest BCUT2D eigenvalue weighted by molar-refractivity contribution is 7.53. The van der Waals surface area contributed by atoms with Crippen LogP contribution in [0.25, 0.3) is 0 Å². The molecule has 80 heavy (non-hydrogen) atoms. The molecule has 416 valence electrons. The van der Waals surface area contributed by atoms with Crippen LogP contribution in [0.5, 0.6) is 46.0 Å². The Labute approximate surface area is 467 Å². The third-order valence-corrected chi connectivity index (χ3v) is 18.9. The van der Waals surface area contributed by atoms with E-state index in [2.05, 4.69) is 20.3 Å². The first kappa shape index (κ1) is 57.6. The van der Waals surface area contributed by atoms with Gasteiger partial charge in [0.25, 0.3) is 0 Å². The van der Waals surface area contributed by atoms with Gasteiger partial charge in [0.05, 0.1) is 0 Å². The molecule has 0 saturated heterocycles. The van der Waals surface area contributed by atoms with Gasteiger partial charge in [-0.15, -0.1) is 0 Å². The number of para-hydroxylation sites is 8. The van der Waals surface area contributed by atoms with Crippen LogP contribution in [0.1, 0.15) is 51.4 Å². The summed E-state index contributed by atoms with van der Waals surface area (Å²) in [6.07, 6.45) is 5.18. The Hall–Kier alpha value is -7.08. The normalized spacial score (nSPS) is 17.5.